The molecule has 17 heavy (non-hydrogen) atoms. The predicted molar refractivity (Wildman–Crippen MR) is 72.5 cm³/mol. The number of alkyl halides is 1. The second-order valence-electron chi connectivity index (χ2n) is 4.83. The molecule has 1 aromatic heterocycles. The number of benzene rings is 1. The lowest BCUT2D eigenvalue weighted by Gasteiger charge is -2.17. The van der Waals surface area contributed by atoms with E-state index in [4.69, 9.17) is 0 Å². The van der Waals surface area contributed by atoms with Gasteiger partial charge in [-0.2, -0.15) is 0 Å². The molecule has 1 aliphatic carbocycles. The first-order valence-corrected chi connectivity index (χ1v) is 7.01. The second kappa shape index (κ2) is 4.33. The Kier molecular flexibility index (Phi) is 2.82. The van der Waals surface area contributed by atoms with E-state index in [1.165, 1.54) is 31.2 Å². The highest BCUT2D eigenvalue weighted by molar-refractivity contribution is 9.09. The van der Waals surface area contributed by atoms with Crippen LogP contribution in [0.15, 0.2) is 23.0 Å². The second-order valence-corrected chi connectivity index (χ2v) is 5.82. The highest BCUT2D eigenvalue weighted by Gasteiger charge is 2.24. The van der Waals surface area contributed by atoms with Crippen molar-refractivity contribution in [2.75, 3.05) is 0 Å². The van der Waals surface area contributed by atoms with E-state index in [-0.39, 0.29) is 5.69 Å². The molecule has 0 radical (unpaired) electrons. The molecule has 4 heteroatoms. The van der Waals surface area contributed by atoms with Crippen LogP contribution in [0.25, 0.3) is 11.0 Å². The Hall–Kier alpha value is -1.03. The van der Waals surface area contributed by atoms with Crippen LogP contribution in [0.1, 0.15) is 36.1 Å². The lowest BCUT2D eigenvalue weighted by Crippen LogP contribution is -2.02. The van der Waals surface area contributed by atoms with E-state index in [0.717, 1.165) is 17.0 Å². The number of nitrogens with one attached hydrogen (secondary N) is 2. The van der Waals surface area contributed by atoms with Crippen molar-refractivity contribution in [3.63, 3.8) is 0 Å². The number of hydrogen-bond acceptors (Lipinski definition) is 1. The van der Waals surface area contributed by atoms with Crippen molar-refractivity contribution in [1.82, 2.24) is 9.97 Å². The average Bonchev–Trinajstić information content (AvgIpc) is 2.94. The van der Waals surface area contributed by atoms with Crippen molar-refractivity contribution < 1.29 is 0 Å². The average molecular weight is 295 g/mol. The lowest BCUT2D eigenvalue weighted by atomic mass is 9.97. The Bertz CT molecular complexity index is 580. The van der Waals surface area contributed by atoms with Crippen molar-refractivity contribution in [2.45, 2.75) is 30.5 Å². The lowest BCUT2D eigenvalue weighted by molar-refractivity contribution is 0.542. The molecule has 0 amide bonds. The maximum absolute atomic E-state index is 11.2. The van der Waals surface area contributed by atoms with Crippen LogP contribution in [0.2, 0.25) is 0 Å². The molecular formula is C13H15BrN2O. The van der Waals surface area contributed by atoms with E-state index >= 15 is 0 Å². The molecule has 1 saturated carbocycles. The van der Waals surface area contributed by atoms with E-state index in [1.807, 2.05) is 6.07 Å². The standard InChI is InChI=1S/C13H15BrN2O/c14-12(8-3-1-2-4-8)9-5-6-10-11(7-9)16-13(17)15-10/h5-8,12H,1-4H2,(H2,15,16,17). The highest BCUT2D eigenvalue weighted by Crippen LogP contribution is 2.41. The molecule has 0 spiro atoms. The zero-order chi connectivity index (χ0) is 11.8. The van der Waals surface area contributed by atoms with E-state index in [0.29, 0.717) is 4.83 Å². The quantitative estimate of drug-likeness (QED) is 0.819. The topological polar surface area (TPSA) is 48.6 Å². The van der Waals surface area contributed by atoms with E-state index in [2.05, 4.69) is 38.0 Å². The van der Waals surface area contributed by atoms with Gasteiger partial charge in [-0.05, 0) is 36.5 Å². The first-order chi connectivity index (χ1) is 8.24. The Balaban J connectivity index is 1.96. The molecule has 2 N–H and O–H groups in total. The summed E-state index contributed by atoms with van der Waals surface area (Å²) in [6.45, 7) is 0. The van der Waals surface area contributed by atoms with Crippen LogP contribution in [-0.4, -0.2) is 9.97 Å². The molecule has 0 bridgehead atoms. The van der Waals surface area contributed by atoms with Crippen molar-refractivity contribution in [1.29, 1.82) is 0 Å². The number of aromatic nitrogens is 2. The van der Waals surface area contributed by atoms with Gasteiger partial charge in [0.2, 0.25) is 0 Å². The summed E-state index contributed by atoms with van der Waals surface area (Å²) in [7, 11) is 0. The Morgan fingerprint density at radius 3 is 2.65 bits per heavy atom. The molecule has 1 atom stereocenters. The van der Waals surface area contributed by atoms with Crippen LogP contribution < -0.4 is 5.69 Å². The highest BCUT2D eigenvalue weighted by atomic mass is 79.9. The van der Waals surface area contributed by atoms with Gasteiger partial charge in [0.15, 0.2) is 0 Å². The number of rotatable bonds is 2. The van der Waals surface area contributed by atoms with Crippen molar-refractivity contribution in [3.05, 3.63) is 34.2 Å². The van der Waals surface area contributed by atoms with Gasteiger partial charge in [-0.3, -0.25) is 0 Å². The molecule has 90 valence electrons. The molecule has 1 unspecified atom stereocenters. The number of fused-ring (bicyclic) bond motifs is 1. The van der Waals surface area contributed by atoms with Crippen LogP contribution in [0.3, 0.4) is 0 Å². The Morgan fingerprint density at radius 2 is 1.88 bits per heavy atom. The molecule has 1 fully saturated rings. The van der Waals surface area contributed by atoms with E-state index in [9.17, 15) is 4.79 Å². The minimum absolute atomic E-state index is 0.135. The van der Waals surface area contributed by atoms with Crippen LogP contribution in [-0.2, 0) is 0 Å². The van der Waals surface area contributed by atoms with Gasteiger partial charge in [-0.15, -0.1) is 0 Å². The molecule has 3 rings (SSSR count). The number of aromatic amines is 2. The number of H-pyrrole nitrogens is 2. The van der Waals surface area contributed by atoms with Crippen LogP contribution >= 0.6 is 15.9 Å². The molecule has 3 nitrogen and oxygen atoms in total. The number of hydrogen-bond donors (Lipinski definition) is 2. The Morgan fingerprint density at radius 1 is 1.18 bits per heavy atom. The van der Waals surface area contributed by atoms with Gasteiger partial charge in [0.05, 0.1) is 11.0 Å². The van der Waals surface area contributed by atoms with Gasteiger partial charge >= 0.3 is 5.69 Å². The monoisotopic (exact) mass is 294 g/mol. The largest absolute Gasteiger partial charge is 0.323 e. The SMILES string of the molecule is O=c1[nH]c2ccc(C(Br)C3CCCC3)cc2[nH]1. The maximum atomic E-state index is 11.2. The minimum Gasteiger partial charge on any atom is -0.306 e. The number of halogens is 1. The maximum Gasteiger partial charge on any atom is 0.323 e. The molecule has 1 heterocycles. The predicted octanol–water partition coefficient (Wildman–Crippen LogP) is 3.48. The van der Waals surface area contributed by atoms with Crippen LogP contribution in [0.5, 0.6) is 0 Å². The molecule has 1 aromatic carbocycles. The van der Waals surface area contributed by atoms with E-state index < -0.39 is 0 Å². The molecule has 2 aromatic rings. The third-order valence-corrected chi connectivity index (χ3v) is 4.95. The summed E-state index contributed by atoms with van der Waals surface area (Å²) in [4.78, 5) is 17.2. The van der Waals surface area contributed by atoms with Gasteiger partial charge < -0.3 is 9.97 Å². The summed E-state index contributed by atoms with van der Waals surface area (Å²) in [6.07, 6.45) is 5.29. The fourth-order valence-corrected chi connectivity index (χ4v) is 3.56. The van der Waals surface area contributed by atoms with Gasteiger partial charge in [0.1, 0.15) is 0 Å². The van der Waals surface area contributed by atoms with Crippen molar-refractivity contribution >= 4 is 27.0 Å². The van der Waals surface area contributed by atoms with Crippen molar-refractivity contribution in [2.24, 2.45) is 5.92 Å². The summed E-state index contributed by atoms with van der Waals surface area (Å²) in [5.41, 5.74) is 2.91. The number of imidazole rings is 1. The van der Waals surface area contributed by atoms with Crippen molar-refractivity contribution in [3.8, 4) is 0 Å². The zero-order valence-corrected chi connectivity index (χ0v) is 11.1. The van der Waals surface area contributed by atoms with Gasteiger partial charge in [-0.1, -0.05) is 34.8 Å². The summed E-state index contributed by atoms with van der Waals surface area (Å²) in [6, 6.07) is 6.15. The first kappa shape index (κ1) is 11.1. The molecule has 0 aliphatic heterocycles. The van der Waals surface area contributed by atoms with Crippen LogP contribution in [0, 0.1) is 5.92 Å². The third-order valence-electron chi connectivity index (χ3n) is 3.67. The molecular weight excluding hydrogens is 280 g/mol. The summed E-state index contributed by atoms with van der Waals surface area (Å²) < 4.78 is 0. The fourth-order valence-electron chi connectivity index (χ4n) is 2.74. The molecule has 0 saturated heterocycles. The summed E-state index contributed by atoms with van der Waals surface area (Å²) in [5.74, 6) is 0.734. The van der Waals surface area contributed by atoms with Gasteiger partial charge in [0.25, 0.3) is 0 Å². The van der Waals surface area contributed by atoms with Crippen LogP contribution in [0.4, 0.5) is 0 Å². The van der Waals surface area contributed by atoms with Gasteiger partial charge in [0, 0.05) is 4.83 Å². The van der Waals surface area contributed by atoms with E-state index in [1.54, 1.807) is 0 Å². The van der Waals surface area contributed by atoms with Gasteiger partial charge in [-0.25, -0.2) is 4.79 Å². The normalized spacial score (nSPS) is 18.9. The molecule has 1 aliphatic rings. The zero-order valence-electron chi connectivity index (χ0n) is 9.50. The fraction of sp³-hybridized carbons (Fsp3) is 0.462. The summed E-state index contributed by atoms with van der Waals surface area (Å²) in [5, 5.41) is 0. The minimum atomic E-state index is -0.135. The first-order valence-electron chi connectivity index (χ1n) is 6.10. The summed E-state index contributed by atoms with van der Waals surface area (Å²) >= 11 is 3.80. The Labute approximate surface area is 108 Å². The smallest absolute Gasteiger partial charge is 0.306 e. The third kappa shape index (κ3) is 2.06.